The molecular weight excluding hydrogens is 288 g/mol. The lowest BCUT2D eigenvalue weighted by atomic mass is 10.1. The first-order chi connectivity index (χ1) is 10.9. The SMILES string of the molecule is C=CCNC(=NCc1cccc(C(=O)NC(C)(C)C)c1)NCC. The summed E-state index contributed by atoms with van der Waals surface area (Å²) in [7, 11) is 0. The smallest absolute Gasteiger partial charge is 0.251 e. The molecule has 0 aliphatic carbocycles. The Hall–Kier alpha value is -2.30. The van der Waals surface area contributed by atoms with Gasteiger partial charge < -0.3 is 16.0 Å². The molecule has 0 spiro atoms. The summed E-state index contributed by atoms with van der Waals surface area (Å²) in [5, 5.41) is 9.28. The summed E-state index contributed by atoms with van der Waals surface area (Å²) in [6.07, 6.45) is 1.78. The van der Waals surface area contributed by atoms with Crippen LogP contribution in [-0.4, -0.2) is 30.5 Å². The topological polar surface area (TPSA) is 65.5 Å². The van der Waals surface area contributed by atoms with Gasteiger partial charge in [0.1, 0.15) is 0 Å². The van der Waals surface area contributed by atoms with Crippen LogP contribution in [0.4, 0.5) is 0 Å². The predicted octanol–water partition coefficient (Wildman–Crippen LogP) is 2.46. The van der Waals surface area contributed by atoms with E-state index >= 15 is 0 Å². The molecular formula is C18H28N4O. The zero-order chi connectivity index (χ0) is 17.3. The zero-order valence-electron chi connectivity index (χ0n) is 14.6. The Morgan fingerprint density at radius 2 is 2.04 bits per heavy atom. The van der Waals surface area contributed by atoms with Gasteiger partial charge >= 0.3 is 0 Å². The molecule has 0 saturated heterocycles. The molecule has 1 aromatic rings. The second-order valence-electron chi connectivity index (χ2n) is 6.27. The number of carbonyl (C=O) groups is 1. The van der Waals surface area contributed by atoms with Crippen LogP contribution in [0.15, 0.2) is 41.9 Å². The van der Waals surface area contributed by atoms with Crippen LogP contribution in [-0.2, 0) is 6.54 Å². The van der Waals surface area contributed by atoms with Crippen molar-refractivity contribution in [2.24, 2.45) is 4.99 Å². The summed E-state index contributed by atoms with van der Waals surface area (Å²) in [5.74, 6) is 0.664. The number of amides is 1. The van der Waals surface area contributed by atoms with Gasteiger partial charge in [-0.2, -0.15) is 0 Å². The van der Waals surface area contributed by atoms with E-state index in [0.717, 1.165) is 18.1 Å². The Balaban J connectivity index is 2.79. The Labute approximate surface area is 139 Å². The molecule has 0 unspecified atom stereocenters. The summed E-state index contributed by atoms with van der Waals surface area (Å²) in [6, 6.07) is 7.54. The molecule has 1 aromatic carbocycles. The Morgan fingerprint density at radius 3 is 2.65 bits per heavy atom. The minimum Gasteiger partial charge on any atom is -0.357 e. The number of nitrogens with one attached hydrogen (secondary N) is 3. The third kappa shape index (κ3) is 7.49. The largest absolute Gasteiger partial charge is 0.357 e. The van der Waals surface area contributed by atoms with Gasteiger partial charge in [0.05, 0.1) is 6.54 Å². The first kappa shape index (κ1) is 18.7. The van der Waals surface area contributed by atoms with Gasteiger partial charge in [-0.1, -0.05) is 18.2 Å². The fourth-order valence-electron chi connectivity index (χ4n) is 1.90. The lowest BCUT2D eigenvalue weighted by Gasteiger charge is -2.20. The van der Waals surface area contributed by atoms with Gasteiger partial charge in [-0.05, 0) is 45.4 Å². The Kier molecular flexibility index (Phi) is 7.32. The van der Waals surface area contributed by atoms with Crippen molar-refractivity contribution < 1.29 is 4.79 Å². The van der Waals surface area contributed by atoms with E-state index in [-0.39, 0.29) is 11.4 Å². The molecule has 126 valence electrons. The van der Waals surface area contributed by atoms with Crippen LogP contribution >= 0.6 is 0 Å². The summed E-state index contributed by atoms with van der Waals surface area (Å²) >= 11 is 0. The molecule has 0 aromatic heterocycles. The molecule has 0 saturated carbocycles. The van der Waals surface area contributed by atoms with Crippen molar-refractivity contribution in [2.45, 2.75) is 39.8 Å². The average Bonchev–Trinajstić information content (AvgIpc) is 2.48. The maximum Gasteiger partial charge on any atom is 0.251 e. The molecule has 1 rings (SSSR count). The van der Waals surface area contributed by atoms with Crippen LogP contribution in [0.2, 0.25) is 0 Å². The summed E-state index contributed by atoms with van der Waals surface area (Å²) < 4.78 is 0. The first-order valence-corrected chi connectivity index (χ1v) is 7.90. The van der Waals surface area contributed by atoms with Crippen LogP contribution in [0.1, 0.15) is 43.6 Å². The van der Waals surface area contributed by atoms with Crippen molar-refractivity contribution in [3.63, 3.8) is 0 Å². The second-order valence-corrected chi connectivity index (χ2v) is 6.27. The van der Waals surface area contributed by atoms with E-state index in [1.165, 1.54) is 0 Å². The van der Waals surface area contributed by atoms with Gasteiger partial charge in [0.15, 0.2) is 5.96 Å². The summed E-state index contributed by atoms with van der Waals surface area (Å²) in [6.45, 7) is 13.5. The van der Waals surface area contributed by atoms with Gasteiger partial charge in [-0.25, -0.2) is 4.99 Å². The van der Waals surface area contributed by atoms with Crippen LogP contribution in [0, 0.1) is 0 Å². The Morgan fingerprint density at radius 1 is 1.30 bits per heavy atom. The molecule has 3 N–H and O–H groups in total. The zero-order valence-corrected chi connectivity index (χ0v) is 14.6. The quantitative estimate of drug-likeness (QED) is 0.429. The van der Waals surface area contributed by atoms with Crippen molar-refractivity contribution in [3.8, 4) is 0 Å². The van der Waals surface area contributed by atoms with E-state index in [1.54, 1.807) is 6.08 Å². The molecule has 0 heterocycles. The van der Waals surface area contributed by atoms with Crippen molar-refractivity contribution in [3.05, 3.63) is 48.0 Å². The fraction of sp³-hybridized carbons (Fsp3) is 0.444. The highest BCUT2D eigenvalue weighted by atomic mass is 16.1. The number of nitrogens with zero attached hydrogens (tertiary/aromatic N) is 1. The normalized spacial score (nSPS) is 11.7. The van der Waals surface area contributed by atoms with Crippen molar-refractivity contribution in [1.29, 1.82) is 0 Å². The highest BCUT2D eigenvalue weighted by Crippen LogP contribution is 2.09. The molecule has 1 amide bonds. The van der Waals surface area contributed by atoms with Gasteiger partial charge in [-0.3, -0.25) is 4.79 Å². The number of aliphatic imine (C=N–C) groups is 1. The monoisotopic (exact) mass is 316 g/mol. The van der Waals surface area contributed by atoms with Gasteiger partial charge in [0, 0.05) is 24.2 Å². The van der Waals surface area contributed by atoms with Crippen molar-refractivity contribution >= 4 is 11.9 Å². The molecule has 0 bridgehead atoms. The van der Waals surface area contributed by atoms with Crippen molar-refractivity contribution in [2.75, 3.05) is 13.1 Å². The highest BCUT2D eigenvalue weighted by Gasteiger charge is 2.15. The lowest BCUT2D eigenvalue weighted by Crippen LogP contribution is -2.40. The molecule has 0 atom stereocenters. The van der Waals surface area contributed by atoms with Crippen molar-refractivity contribution in [1.82, 2.24) is 16.0 Å². The average molecular weight is 316 g/mol. The van der Waals surface area contributed by atoms with Gasteiger partial charge in [-0.15, -0.1) is 6.58 Å². The highest BCUT2D eigenvalue weighted by molar-refractivity contribution is 5.94. The number of guanidine groups is 1. The van der Waals surface area contributed by atoms with Crippen LogP contribution in [0.3, 0.4) is 0 Å². The molecule has 0 aliphatic rings. The van der Waals surface area contributed by atoms with Crippen LogP contribution in [0.5, 0.6) is 0 Å². The van der Waals surface area contributed by atoms with E-state index in [0.29, 0.717) is 18.7 Å². The van der Waals surface area contributed by atoms with E-state index in [2.05, 4.69) is 27.5 Å². The summed E-state index contributed by atoms with van der Waals surface area (Å²) in [4.78, 5) is 16.7. The van der Waals surface area contributed by atoms with Crippen LogP contribution in [0.25, 0.3) is 0 Å². The minimum absolute atomic E-state index is 0.0694. The summed E-state index contributed by atoms with van der Waals surface area (Å²) in [5.41, 5.74) is 1.39. The molecule has 0 fully saturated rings. The first-order valence-electron chi connectivity index (χ1n) is 7.90. The maximum absolute atomic E-state index is 12.2. The number of carbonyl (C=O) groups excluding carboxylic acids is 1. The molecule has 5 nitrogen and oxygen atoms in total. The fourth-order valence-corrected chi connectivity index (χ4v) is 1.90. The van der Waals surface area contributed by atoms with E-state index in [4.69, 9.17) is 0 Å². The molecule has 5 heteroatoms. The van der Waals surface area contributed by atoms with Gasteiger partial charge in [0.25, 0.3) is 5.91 Å². The third-order valence-electron chi connectivity index (χ3n) is 2.86. The van der Waals surface area contributed by atoms with E-state index in [9.17, 15) is 4.79 Å². The second kappa shape index (κ2) is 8.98. The lowest BCUT2D eigenvalue weighted by molar-refractivity contribution is 0.0919. The molecule has 0 radical (unpaired) electrons. The number of hydrogen-bond acceptors (Lipinski definition) is 2. The Bertz CT molecular complexity index is 558. The van der Waals surface area contributed by atoms with E-state index in [1.807, 2.05) is 52.0 Å². The van der Waals surface area contributed by atoms with Gasteiger partial charge in [0.2, 0.25) is 0 Å². The standard InChI is InChI=1S/C18H28N4O/c1-6-11-20-17(19-7-2)21-13-14-9-8-10-15(12-14)16(23)22-18(3,4)5/h6,8-10,12H,1,7,11,13H2,2-5H3,(H,22,23)(H2,19,20,21). The number of hydrogen-bond donors (Lipinski definition) is 3. The molecule has 0 aliphatic heterocycles. The maximum atomic E-state index is 12.2. The predicted molar refractivity (Wildman–Crippen MR) is 96.7 cm³/mol. The third-order valence-corrected chi connectivity index (χ3v) is 2.86. The number of benzene rings is 1. The minimum atomic E-state index is -0.252. The van der Waals surface area contributed by atoms with E-state index < -0.39 is 0 Å². The number of rotatable bonds is 6. The van der Waals surface area contributed by atoms with Crippen LogP contribution < -0.4 is 16.0 Å². The molecule has 23 heavy (non-hydrogen) atoms.